The quantitative estimate of drug-likeness (QED) is 0.113. The van der Waals surface area contributed by atoms with Crippen molar-refractivity contribution in [2.24, 2.45) is 11.3 Å². The fraction of sp³-hybridized carbons (Fsp3) is 0.675. The van der Waals surface area contributed by atoms with Gasteiger partial charge in [-0.05, 0) is 89.7 Å². The average molecular weight is 732 g/mol. The Balaban J connectivity index is 2.04. The van der Waals surface area contributed by atoms with Crippen LogP contribution in [0.3, 0.4) is 0 Å². The van der Waals surface area contributed by atoms with E-state index in [2.05, 4.69) is 6.58 Å². The van der Waals surface area contributed by atoms with Crippen molar-refractivity contribution in [3.8, 4) is 11.5 Å². The second-order valence-electron chi connectivity index (χ2n) is 15.6. The molecule has 2 heterocycles. The number of benzene rings is 1. The molecule has 8 atom stereocenters. The van der Waals surface area contributed by atoms with Gasteiger partial charge in [0.2, 0.25) is 0 Å². The summed E-state index contributed by atoms with van der Waals surface area (Å²) < 4.78 is 47.9. The first-order chi connectivity index (χ1) is 24.2. The van der Waals surface area contributed by atoms with Crippen molar-refractivity contribution in [1.29, 1.82) is 0 Å². The summed E-state index contributed by atoms with van der Waals surface area (Å²) in [7, 11) is 3.06. The summed E-state index contributed by atoms with van der Waals surface area (Å²) in [5.74, 6) is -0.0928. The van der Waals surface area contributed by atoms with E-state index in [9.17, 15) is 14.4 Å². The first kappa shape index (κ1) is 42.8. The van der Waals surface area contributed by atoms with Gasteiger partial charge < -0.3 is 37.9 Å². The van der Waals surface area contributed by atoms with E-state index in [1.165, 1.54) is 18.9 Å². The van der Waals surface area contributed by atoms with Crippen LogP contribution < -0.4 is 9.47 Å². The van der Waals surface area contributed by atoms with Gasteiger partial charge in [-0.2, -0.15) is 0 Å². The zero-order valence-electron chi connectivity index (χ0n) is 33.6. The highest BCUT2D eigenvalue weighted by Crippen LogP contribution is 2.44. The van der Waals surface area contributed by atoms with E-state index in [0.717, 1.165) is 0 Å². The second-order valence-corrected chi connectivity index (χ2v) is 15.6. The molecule has 3 rings (SSSR count). The molecule has 2 saturated heterocycles. The maximum Gasteiger partial charge on any atom is 0.413 e. The third kappa shape index (κ3) is 9.87. The summed E-state index contributed by atoms with van der Waals surface area (Å²) in [6.45, 7) is 26.0. The van der Waals surface area contributed by atoms with Crippen LogP contribution >= 0.6 is 0 Å². The summed E-state index contributed by atoms with van der Waals surface area (Å²) in [6.07, 6.45) is -3.17. The molecule has 2 fully saturated rings. The van der Waals surface area contributed by atoms with Crippen LogP contribution in [-0.2, 0) is 38.0 Å². The molecule has 0 N–H and O–H groups in total. The molecular formula is C40H61NO11. The number of esters is 2. The highest BCUT2D eigenvalue weighted by Gasteiger charge is 2.53. The topological polar surface area (TPSA) is 128 Å². The van der Waals surface area contributed by atoms with Crippen LogP contribution in [0.25, 0.3) is 0 Å². The molecule has 0 bridgehead atoms. The van der Waals surface area contributed by atoms with Gasteiger partial charge in [-0.25, -0.2) is 9.59 Å². The molecule has 1 aromatic rings. The van der Waals surface area contributed by atoms with Crippen LogP contribution in [0, 0.1) is 11.3 Å². The number of methoxy groups -OCH3 is 2. The molecule has 0 saturated carbocycles. The molecule has 12 nitrogen and oxygen atoms in total. The van der Waals surface area contributed by atoms with Crippen molar-refractivity contribution in [1.82, 2.24) is 4.90 Å². The van der Waals surface area contributed by atoms with Crippen molar-refractivity contribution < 1.29 is 52.3 Å². The molecule has 12 heteroatoms. The Labute approximate surface area is 310 Å². The maximum absolute atomic E-state index is 14.2. The molecule has 1 amide bonds. The lowest BCUT2D eigenvalue weighted by Gasteiger charge is -2.49. The summed E-state index contributed by atoms with van der Waals surface area (Å²) in [4.78, 5) is 42.1. The van der Waals surface area contributed by atoms with E-state index in [0.29, 0.717) is 41.1 Å². The van der Waals surface area contributed by atoms with Crippen LogP contribution in [0.1, 0.15) is 108 Å². The number of carbonyl (C=O) groups is 3. The van der Waals surface area contributed by atoms with Gasteiger partial charge in [0.05, 0.1) is 26.4 Å². The van der Waals surface area contributed by atoms with Crippen LogP contribution in [0.4, 0.5) is 4.79 Å². The van der Waals surface area contributed by atoms with E-state index < -0.39 is 72.0 Å². The van der Waals surface area contributed by atoms with Gasteiger partial charge in [0, 0.05) is 24.0 Å². The third-order valence-corrected chi connectivity index (χ3v) is 9.72. The highest BCUT2D eigenvalue weighted by atomic mass is 16.7. The minimum Gasteiger partial charge on any atom is -0.497 e. The lowest BCUT2D eigenvalue weighted by molar-refractivity contribution is -0.291. The van der Waals surface area contributed by atoms with Gasteiger partial charge in [-0.15, -0.1) is 0 Å². The fourth-order valence-electron chi connectivity index (χ4n) is 6.84. The SMILES string of the molecule is C=CC1OC(CC)C(C)(C)[C@H]([C@@H](OC(C)=O)/C(C)=C(\C)[C@H](C)OC(=O)[C@@H]2OC(c3ccc(OC)cc3OC)N(C(=O)OC(C)(C)C)[C@H]2CC(C)C)O1. The van der Waals surface area contributed by atoms with Crippen molar-refractivity contribution in [3.63, 3.8) is 0 Å². The molecule has 0 aliphatic carbocycles. The summed E-state index contributed by atoms with van der Waals surface area (Å²) in [6, 6.07) is 4.44. The lowest BCUT2D eigenvalue weighted by Crippen LogP contribution is -2.57. The predicted molar refractivity (Wildman–Crippen MR) is 196 cm³/mol. The van der Waals surface area contributed by atoms with Gasteiger partial charge in [-0.3, -0.25) is 9.69 Å². The van der Waals surface area contributed by atoms with E-state index >= 15 is 0 Å². The Morgan fingerprint density at radius 1 is 0.981 bits per heavy atom. The van der Waals surface area contributed by atoms with Crippen molar-refractivity contribution in [3.05, 3.63) is 47.6 Å². The zero-order chi connectivity index (χ0) is 39.3. The Hall–Kier alpha value is -3.61. The minimum absolute atomic E-state index is 0.0744. The molecule has 0 aromatic heterocycles. The number of carbonyl (C=O) groups excluding carboxylic acids is 3. The normalized spacial score (nSPS) is 26.2. The summed E-state index contributed by atoms with van der Waals surface area (Å²) >= 11 is 0. The molecule has 2 aliphatic rings. The van der Waals surface area contributed by atoms with E-state index in [1.807, 2.05) is 48.5 Å². The molecule has 0 radical (unpaired) electrons. The maximum atomic E-state index is 14.2. The first-order valence-electron chi connectivity index (χ1n) is 18.1. The van der Waals surface area contributed by atoms with Crippen molar-refractivity contribution >= 4 is 18.0 Å². The van der Waals surface area contributed by atoms with Gasteiger partial charge in [0.15, 0.2) is 18.6 Å². The Morgan fingerprint density at radius 2 is 1.63 bits per heavy atom. The first-order valence-corrected chi connectivity index (χ1v) is 18.1. The summed E-state index contributed by atoms with van der Waals surface area (Å²) in [5, 5.41) is 0. The van der Waals surface area contributed by atoms with E-state index in [-0.39, 0.29) is 12.0 Å². The third-order valence-electron chi connectivity index (χ3n) is 9.72. The molecule has 1 aromatic carbocycles. The van der Waals surface area contributed by atoms with E-state index in [4.69, 9.17) is 37.9 Å². The molecule has 2 aliphatic heterocycles. The van der Waals surface area contributed by atoms with Crippen LogP contribution in [0.15, 0.2) is 42.0 Å². The van der Waals surface area contributed by atoms with Crippen molar-refractivity contribution in [2.45, 2.75) is 151 Å². The van der Waals surface area contributed by atoms with Crippen molar-refractivity contribution in [2.75, 3.05) is 14.2 Å². The molecular weight excluding hydrogens is 670 g/mol. The minimum atomic E-state index is -1.16. The molecule has 52 heavy (non-hydrogen) atoms. The number of hydrogen-bond acceptors (Lipinski definition) is 11. The predicted octanol–water partition coefficient (Wildman–Crippen LogP) is 7.69. The molecule has 292 valence electrons. The molecule has 0 spiro atoms. The highest BCUT2D eigenvalue weighted by molar-refractivity contribution is 5.79. The van der Waals surface area contributed by atoms with Gasteiger partial charge in [0.25, 0.3) is 0 Å². The van der Waals surface area contributed by atoms with Crippen LogP contribution in [0.5, 0.6) is 11.5 Å². The van der Waals surface area contributed by atoms with Gasteiger partial charge in [0.1, 0.15) is 35.4 Å². The largest absolute Gasteiger partial charge is 0.497 e. The number of ether oxygens (including phenoxy) is 8. The molecule has 3 unspecified atom stereocenters. The monoisotopic (exact) mass is 731 g/mol. The Kier molecular flexibility index (Phi) is 14.4. The zero-order valence-corrected chi connectivity index (χ0v) is 33.6. The van der Waals surface area contributed by atoms with E-state index in [1.54, 1.807) is 59.1 Å². The van der Waals surface area contributed by atoms with Crippen LogP contribution in [-0.4, -0.2) is 85.6 Å². The number of nitrogens with zero attached hydrogens (tertiary/aromatic N) is 1. The second kappa shape index (κ2) is 17.5. The number of hydrogen-bond donors (Lipinski definition) is 0. The summed E-state index contributed by atoms with van der Waals surface area (Å²) in [5.41, 5.74) is 0.495. The fourth-order valence-corrected chi connectivity index (χ4v) is 6.84. The standard InChI is InChI=1S/C40H61NO11/c1-16-31-40(12,13)35(50-32(17-2)49-31)33(48-26(8)42)24(6)23(5)25(7)47-37(43)34-29(20-22(3)4)41(38(44)52-39(9,10)11)36(51-34)28-19-18-27(45-14)21-30(28)46-15/h17-19,21-22,25,29,31-36H,2,16,20H2,1,3-15H3/b24-23+/t25-,29-,31?,32?,33-,34+,35-,36?/m0/s1. The Morgan fingerprint density at radius 3 is 2.15 bits per heavy atom. The number of amides is 1. The average Bonchev–Trinajstić information content (AvgIpc) is 3.43. The number of rotatable bonds is 13. The Bertz CT molecular complexity index is 1460. The lowest BCUT2D eigenvalue weighted by atomic mass is 9.74. The smallest absolute Gasteiger partial charge is 0.413 e. The van der Waals surface area contributed by atoms with Gasteiger partial charge >= 0.3 is 18.0 Å². The van der Waals surface area contributed by atoms with Crippen LogP contribution in [0.2, 0.25) is 0 Å². The van der Waals surface area contributed by atoms with Gasteiger partial charge in [-0.1, -0.05) is 41.2 Å².